The molecule has 2 aromatic rings. The van der Waals surface area contributed by atoms with Gasteiger partial charge in [0.2, 0.25) is 0 Å². The van der Waals surface area contributed by atoms with Crippen molar-refractivity contribution in [3.8, 4) is 5.75 Å². The van der Waals surface area contributed by atoms with Gasteiger partial charge in [0.25, 0.3) is 5.91 Å². The summed E-state index contributed by atoms with van der Waals surface area (Å²) in [5.74, 6) is 0.579. The number of fused-ring (bicyclic) bond motifs is 1. The number of hydrogen-bond donors (Lipinski definition) is 2. The molecule has 0 aliphatic heterocycles. The number of benzene rings is 2. The highest BCUT2D eigenvalue weighted by atomic mass is 16.5. The average molecular weight is 286 g/mol. The van der Waals surface area contributed by atoms with Crippen LogP contribution in [0, 0.1) is 0 Å². The largest absolute Gasteiger partial charge is 0.483 e. The van der Waals surface area contributed by atoms with E-state index in [9.17, 15) is 4.79 Å². The van der Waals surface area contributed by atoms with Crippen LogP contribution in [-0.2, 0) is 4.79 Å². The third-order valence-corrected chi connectivity index (χ3v) is 3.41. The molecular weight excluding hydrogens is 264 g/mol. The number of carbonyl (C=O) groups excluding carboxylic acids is 1. The fourth-order valence-electron chi connectivity index (χ4n) is 2.39. The van der Waals surface area contributed by atoms with E-state index in [2.05, 4.69) is 12.2 Å². The van der Waals surface area contributed by atoms with Crippen LogP contribution < -0.4 is 15.8 Å². The van der Waals surface area contributed by atoms with Crippen LogP contribution in [0.4, 0.5) is 5.69 Å². The topological polar surface area (TPSA) is 64.3 Å². The zero-order valence-electron chi connectivity index (χ0n) is 12.6. The van der Waals surface area contributed by atoms with Crippen LogP contribution >= 0.6 is 0 Å². The molecular formula is C17H22N2O2. The fraction of sp³-hybridized carbons (Fsp3) is 0.353. The Hall–Kier alpha value is -2.23. The van der Waals surface area contributed by atoms with Crippen molar-refractivity contribution in [1.82, 2.24) is 5.32 Å². The molecule has 0 fully saturated rings. The zero-order chi connectivity index (χ0) is 15.2. The summed E-state index contributed by atoms with van der Waals surface area (Å²) >= 11 is 0. The summed E-state index contributed by atoms with van der Waals surface area (Å²) in [7, 11) is 0. The van der Waals surface area contributed by atoms with Crippen molar-refractivity contribution in [3.63, 3.8) is 0 Å². The SMILES string of the molecule is CCCC(C)NC(=O)COc1ccc(N)c2ccccc12. The Bertz CT molecular complexity index is 625. The van der Waals surface area contributed by atoms with Crippen LogP contribution in [0.15, 0.2) is 36.4 Å². The summed E-state index contributed by atoms with van der Waals surface area (Å²) in [6.45, 7) is 4.11. The lowest BCUT2D eigenvalue weighted by Gasteiger charge is -2.14. The van der Waals surface area contributed by atoms with Gasteiger partial charge in [0, 0.05) is 22.5 Å². The standard InChI is InChI=1S/C17H22N2O2/c1-3-6-12(2)19-17(20)11-21-16-10-9-15(18)13-7-4-5-8-14(13)16/h4-5,7-10,12H,3,6,11,18H2,1-2H3,(H,19,20). The number of nitrogens with two attached hydrogens (primary N) is 1. The van der Waals surface area contributed by atoms with Gasteiger partial charge in [-0.05, 0) is 25.5 Å². The Morgan fingerprint density at radius 2 is 1.95 bits per heavy atom. The molecule has 0 aliphatic rings. The fourth-order valence-corrected chi connectivity index (χ4v) is 2.39. The van der Waals surface area contributed by atoms with Crippen molar-refractivity contribution in [2.45, 2.75) is 32.7 Å². The Labute approximate surface area is 125 Å². The Balaban J connectivity index is 2.04. The maximum Gasteiger partial charge on any atom is 0.258 e. The second-order valence-corrected chi connectivity index (χ2v) is 5.24. The molecule has 1 unspecified atom stereocenters. The molecule has 112 valence electrons. The minimum atomic E-state index is -0.100. The summed E-state index contributed by atoms with van der Waals surface area (Å²) in [6, 6.07) is 11.5. The van der Waals surface area contributed by atoms with E-state index < -0.39 is 0 Å². The van der Waals surface area contributed by atoms with E-state index in [0.717, 1.165) is 23.6 Å². The molecule has 4 nitrogen and oxygen atoms in total. The number of rotatable bonds is 6. The third kappa shape index (κ3) is 3.88. The Kier molecular flexibility index (Phi) is 5.04. The van der Waals surface area contributed by atoms with Crippen molar-refractivity contribution < 1.29 is 9.53 Å². The van der Waals surface area contributed by atoms with E-state index in [1.807, 2.05) is 31.2 Å². The molecule has 1 atom stereocenters. The van der Waals surface area contributed by atoms with Gasteiger partial charge in [-0.3, -0.25) is 4.79 Å². The second kappa shape index (κ2) is 6.97. The maximum absolute atomic E-state index is 11.8. The molecule has 0 saturated carbocycles. The lowest BCUT2D eigenvalue weighted by Crippen LogP contribution is -2.35. The van der Waals surface area contributed by atoms with Gasteiger partial charge >= 0.3 is 0 Å². The highest BCUT2D eigenvalue weighted by molar-refractivity contribution is 5.97. The summed E-state index contributed by atoms with van der Waals surface area (Å²) in [5, 5.41) is 4.78. The molecule has 4 heteroatoms. The first-order valence-corrected chi connectivity index (χ1v) is 7.31. The number of nitrogens with one attached hydrogen (secondary N) is 1. The molecule has 0 aliphatic carbocycles. The van der Waals surface area contributed by atoms with Crippen LogP contribution in [-0.4, -0.2) is 18.6 Å². The second-order valence-electron chi connectivity index (χ2n) is 5.24. The molecule has 0 bridgehead atoms. The zero-order valence-corrected chi connectivity index (χ0v) is 12.6. The minimum absolute atomic E-state index is 0.0158. The molecule has 1 amide bonds. The molecule has 2 rings (SSSR count). The van der Waals surface area contributed by atoms with Gasteiger partial charge in [0.15, 0.2) is 6.61 Å². The summed E-state index contributed by atoms with van der Waals surface area (Å²) < 4.78 is 5.65. The van der Waals surface area contributed by atoms with E-state index >= 15 is 0 Å². The minimum Gasteiger partial charge on any atom is -0.483 e. The van der Waals surface area contributed by atoms with Crippen LogP contribution in [0.1, 0.15) is 26.7 Å². The van der Waals surface area contributed by atoms with Gasteiger partial charge in [-0.1, -0.05) is 37.6 Å². The van der Waals surface area contributed by atoms with Crippen molar-refractivity contribution in [2.75, 3.05) is 12.3 Å². The molecule has 0 heterocycles. The van der Waals surface area contributed by atoms with Crippen LogP contribution in [0.5, 0.6) is 5.75 Å². The number of hydrogen-bond acceptors (Lipinski definition) is 3. The average Bonchev–Trinajstić information content (AvgIpc) is 2.47. The smallest absolute Gasteiger partial charge is 0.258 e. The number of ether oxygens (including phenoxy) is 1. The lowest BCUT2D eigenvalue weighted by molar-refractivity contribution is -0.123. The normalized spacial score (nSPS) is 12.1. The van der Waals surface area contributed by atoms with Gasteiger partial charge in [0.05, 0.1) is 0 Å². The van der Waals surface area contributed by atoms with Gasteiger partial charge in [-0.25, -0.2) is 0 Å². The van der Waals surface area contributed by atoms with E-state index in [1.54, 1.807) is 12.1 Å². The van der Waals surface area contributed by atoms with Gasteiger partial charge in [-0.2, -0.15) is 0 Å². The number of carbonyl (C=O) groups is 1. The summed E-state index contributed by atoms with van der Waals surface area (Å²) in [4.78, 5) is 11.8. The van der Waals surface area contributed by atoms with E-state index in [-0.39, 0.29) is 18.6 Å². The van der Waals surface area contributed by atoms with E-state index in [1.165, 1.54) is 0 Å². The van der Waals surface area contributed by atoms with Crippen LogP contribution in [0.3, 0.4) is 0 Å². The number of amides is 1. The third-order valence-electron chi connectivity index (χ3n) is 3.41. The van der Waals surface area contributed by atoms with Crippen molar-refractivity contribution in [2.24, 2.45) is 0 Å². The molecule has 0 saturated heterocycles. The predicted molar refractivity (Wildman–Crippen MR) is 86.4 cm³/mol. The Morgan fingerprint density at radius 1 is 1.24 bits per heavy atom. The van der Waals surface area contributed by atoms with Gasteiger partial charge in [-0.15, -0.1) is 0 Å². The summed E-state index contributed by atoms with van der Waals surface area (Å²) in [6.07, 6.45) is 2.02. The highest BCUT2D eigenvalue weighted by Gasteiger charge is 2.09. The molecule has 0 aromatic heterocycles. The molecule has 21 heavy (non-hydrogen) atoms. The first-order valence-electron chi connectivity index (χ1n) is 7.31. The summed E-state index contributed by atoms with van der Waals surface area (Å²) in [5.41, 5.74) is 6.65. The number of anilines is 1. The Morgan fingerprint density at radius 3 is 2.67 bits per heavy atom. The van der Waals surface area contributed by atoms with Crippen molar-refractivity contribution >= 4 is 22.4 Å². The van der Waals surface area contributed by atoms with Gasteiger partial charge in [0.1, 0.15) is 5.75 Å². The molecule has 2 aromatic carbocycles. The van der Waals surface area contributed by atoms with Crippen LogP contribution in [0.25, 0.3) is 10.8 Å². The highest BCUT2D eigenvalue weighted by Crippen LogP contribution is 2.29. The van der Waals surface area contributed by atoms with Crippen molar-refractivity contribution in [3.05, 3.63) is 36.4 Å². The van der Waals surface area contributed by atoms with E-state index in [0.29, 0.717) is 11.4 Å². The molecule has 0 radical (unpaired) electrons. The van der Waals surface area contributed by atoms with Crippen LogP contribution in [0.2, 0.25) is 0 Å². The first-order chi connectivity index (χ1) is 10.1. The van der Waals surface area contributed by atoms with Crippen molar-refractivity contribution in [1.29, 1.82) is 0 Å². The molecule has 3 N–H and O–H groups in total. The predicted octanol–water partition coefficient (Wildman–Crippen LogP) is 3.11. The lowest BCUT2D eigenvalue weighted by atomic mass is 10.1. The first kappa shape index (κ1) is 15.2. The van der Waals surface area contributed by atoms with E-state index in [4.69, 9.17) is 10.5 Å². The number of nitrogen functional groups attached to an aromatic ring is 1. The maximum atomic E-state index is 11.8. The molecule has 0 spiro atoms. The quantitative estimate of drug-likeness (QED) is 0.802. The van der Waals surface area contributed by atoms with Gasteiger partial charge < -0.3 is 15.8 Å². The monoisotopic (exact) mass is 286 g/mol.